The molecule has 0 unspecified atom stereocenters. The number of esters is 1. The van der Waals surface area contributed by atoms with E-state index in [1.807, 2.05) is 0 Å². The van der Waals surface area contributed by atoms with Gasteiger partial charge in [-0.2, -0.15) is 0 Å². The minimum Gasteiger partial charge on any atom is -0.467 e. The summed E-state index contributed by atoms with van der Waals surface area (Å²) in [5, 5.41) is 2.43. The maximum Gasteiger partial charge on any atom is 0.408 e. The van der Waals surface area contributed by atoms with Crippen LogP contribution < -0.4 is 5.32 Å². The molecule has 0 aromatic heterocycles. The van der Waals surface area contributed by atoms with Crippen LogP contribution in [0.15, 0.2) is 0 Å². The molecule has 0 fully saturated rings. The van der Waals surface area contributed by atoms with E-state index in [1.54, 1.807) is 20.8 Å². The van der Waals surface area contributed by atoms with Crippen molar-refractivity contribution in [1.29, 1.82) is 0 Å². The zero-order chi connectivity index (χ0) is 14.2. The van der Waals surface area contributed by atoms with Crippen LogP contribution in [0, 0.1) is 0 Å². The topological polar surface area (TPSA) is 81.7 Å². The van der Waals surface area contributed by atoms with Crippen LogP contribution in [0.2, 0.25) is 0 Å². The molecular formula is C12H21NO5. The molecule has 0 aliphatic heterocycles. The highest BCUT2D eigenvalue weighted by Gasteiger charge is 2.24. The highest BCUT2D eigenvalue weighted by atomic mass is 16.6. The summed E-state index contributed by atoms with van der Waals surface area (Å²) < 4.78 is 9.62. The first kappa shape index (κ1) is 16.4. The smallest absolute Gasteiger partial charge is 0.408 e. The fourth-order valence-electron chi connectivity index (χ4n) is 1.25. The molecule has 0 radical (unpaired) electrons. The zero-order valence-corrected chi connectivity index (χ0v) is 11.3. The third-order valence-electron chi connectivity index (χ3n) is 1.99. The second-order valence-corrected chi connectivity index (χ2v) is 4.82. The van der Waals surface area contributed by atoms with Crippen molar-refractivity contribution in [2.24, 2.45) is 0 Å². The molecule has 0 aliphatic carbocycles. The normalized spacial score (nSPS) is 12.4. The summed E-state index contributed by atoms with van der Waals surface area (Å²) >= 11 is 0. The number of carbonyl (C=O) groups excluding carboxylic acids is 3. The summed E-state index contributed by atoms with van der Waals surface area (Å²) in [6.07, 6.45) is 1.26. The number of aldehydes is 1. The van der Waals surface area contributed by atoms with Gasteiger partial charge < -0.3 is 19.6 Å². The summed E-state index contributed by atoms with van der Waals surface area (Å²) in [4.78, 5) is 33.1. The molecule has 0 bridgehead atoms. The van der Waals surface area contributed by atoms with Crippen molar-refractivity contribution < 1.29 is 23.9 Å². The molecule has 0 rings (SSSR count). The largest absolute Gasteiger partial charge is 0.467 e. The van der Waals surface area contributed by atoms with Crippen molar-refractivity contribution in [2.45, 2.75) is 51.7 Å². The van der Waals surface area contributed by atoms with Gasteiger partial charge in [0, 0.05) is 6.42 Å². The number of methoxy groups -OCH3 is 1. The van der Waals surface area contributed by atoms with Crippen LogP contribution in [-0.2, 0) is 19.1 Å². The van der Waals surface area contributed by atoms with E-state index in [9.17, 15) is 14.4 Å². The third kappa shape index (κ3) is 7.65. The summed E-state index contributed by atoms with van der Waals surface area (Å²) in [6.45, 7) is 5.18. The first-order valence-corrected chi connectivity index (χ1v) is 5.81. The number of nitrogens with one attached hydrogen (secondary N) is 1. The Morgan fingerprint density at radius 1 is 1.33 bits per heavy atom. The second-order valence-electron chi connectivity index (χ2n) is 4.82. The predicted molar refractivity (Wildman–Crippen MR) is 65.1 cm³/mol. The van der Waals surface area contributed by atoms with Crippen molar-refractivity contribution in [3.8, 4) is 0 Å². The quantitative estimate of drug-likeness (QED) is 0.443. The molecule has 18 heavy (non-hydrogen) atoms. The Hall–Kier alpha value is -1.59. The van der Waals surface area contributed by atoms with E-state index in [4.69, 9.17) is 4.74 Å². The van der Waals surface area contributed by atoms with Gasteiger partial charge in [-0.3, -0.25) is 0 Å². The van der Waals surface area contributed by atoms with Gasteiger partial charge in [-0.05, 0) is 33.6 Å². The summed E-state index contributed by atoms with van der Waals surface area (Å²) in [5.74, 6) is -0.549. The van der Waals surface area contributed by atoms with Gasteiger partial charge in [0.05, 0.1) is 7.11 Å². The summed E-state index contributed by atoms with van der Waals surface area (Å²) in [5.41, 5.74) is -0.631. The monoisotopic (exact) mass is 259 g/mol. The van der Waals surface area contributed by atoms with Crippen LogP contribution in [0.3, 0.4) is 0 Å². The summed E-state index contributed by atoms with van der Waals surface area (Å²) in [7, 11) is 1.24. The molecular weight excluding hydrogens is 238 g/mol. The Morgan fingerprint density at radius 3 is 2.39 bits per heavy atom. The zero-order valence-electron chi connectivity index (χ0n) is 11.3. The van der Waals surface area contributed by atoms with Gasteiger partial charge in [0.15, 0.2) is 0 Å². The van der Waals surface area contributed by atoms with Crippen molar-refractivity contribution in [2.75, 3.05) is 7.11 Å². The van der Waals surface area contributed by atoms with Gasteiger partial charge in [-0.1, -0.05) is 0 Å². The minimum atomic E-state index is -0.787. The Balaban J connectivity index is 4.35. The Kier molecular flexibility index (Phi) is 7.00. The van der Waals surface area contributed by atoms with Gasteiger partial charge in [0.1, 0.15) is 17.9 Å². The van der Waals surface area contributed by atoms with Crippen molar-refractivity contribution >= 4 is 18.3 Å². The molecule has 0 aliphatic rings. The van der Waals surface area contributed by atoms with Gasteiger partial charge in [-0.15, -0.1) is 0 Å². The number of hydrogen-bond donors (Lipinski definition) is 1. The second kappa shape index (κ2) is 7.68. The van der Waals surface area contributed by atoms with Crippen LogP contribution in [-0.4, -0.2) is 37.1 Å². The molecule has 104 valence electrons. The summed E-state index contributed by atoms with van der Waals surface area (Å²) in [6, 6.07) is -0.787. The molecule has 6 heteroatoms. The first-order valence-electron chi connectivity index (χ1n) is 5.81. The average Bonchev–Trinajstić information content (AvgIpc) is 2.24. The number of alkyl carbamates (subject to hydrolysis) is 1. The van der Waals surface area contributed by atoms with Gasteiger partial charge in [0.25, 0.3) is 0 Å². The Labute approximate surface area is 107 Å². The molecule has 0 heterocycles. The molecule has 0 saturated carbocycles. The van der Waals surface area contributed by atoms with Crippen LogP contribution in [0.1, 0.15) is 40.0 Å². The van der Waals surface area contributed by atoms with Gasteiger partial charge >= 0.3 is 12.1 Å². The Bertz CT molecular complexity index is 295. The fourth-order valence-corrected chi connectivity index (χ4v) is 1.25. The average molecular weight is 259 g/mol. The van der Waals surface area contributed by atoms with Crippen LogP contribution >= 0.6 is 0 Å². The van der Waals surface area contributed by atoms with Crippen LogP contribution in [0.5, 0.6) is 0 Å². The van der Waals surface area contributed by atoms with E-state index in [2.05, 4.69) is 10.1 Å². The molecule has 1 atom stereocenters. The fraction of sp³-hybridized carbons (Fsp3) is 0.750. The van der Waals surface area contributed by atoms with E-state index in [0.717, 1.165) is 6.29 Å². The third-order valence-corrected chi connectivity index (χ3v) is 1.99. The van der Waals surface area contributed by atoms with Crippen molar-refractivity contribution in [3.63, 3.8) is 0 Å². The number of unbranched alkanes of at least 4 members (excludes halogenated alkanes) is 1. The Morgan fingerprint density at radius 2 is 1.94 bits per heavy atom. The van der Waals surface area contributed by atoms with Crippen molar-refractivity contribution in [3.05, 3.63) is 0 Å². The van der Waals surface area contributed by atoms with E-state index < -0.39 is 23.7 Å². The minimum absolute atomic E-state index is 0.337. The lowest BCUT2D eigenvalue weighted by Crippen LogP contribution is -2.44. The van der Waals surface area contributed by atoms with Gasteiger partial charge in [-0.25, -0.2) is 9.59 Å². The molecule has 1 amide bonds. The number of rotatable bonds is 6. The SMILES string of the molecule is COC(=O)[C@H](CCCC=O)NC(=O)OC(C)(C)C. The maximum atomic E-state index is 11.5. The van der Waals surface area contributed by atoms with E-state index in [0.29, 0.717) is 19.3 Å². The molecule has 0 aromatic carbocycles. The number of hydrogen-bond acceptors (Lipinski definition) is 5. The molecule has 6 nitrogen and oxygen atoms in total. The lowest BCUT2D eigenvalue weighted by atomic mass is 10.1. The number of ether oxygens (including phenoxy) is 2. The van der Waals surface area contributed by atoms with E-state index in [1.165, 1.54) is 7.11 Å². The van der Waals surface area contributed by atoms with Crippen LogP contribution in [0.4, 0.5) is 4.79 Å². The standard InChI is InChI=1S/C12H21NO5/c1-12(2,3)18-11(16)13-9(10(15)17-4)7-5-6-8-14/h8-9H,5-7H2,1-4H3,(H,13,16)/t9-/m0/s1. The molecule has 0 spiro atoms. The van der Waals surface area contributed by atoms with Crippen LogP contribution in [0.25, 0.3) is 0 Å². The number of amides is 1. The molecule has 0 aromatic rings. The maximum absolute atomic E-state index is 11.5. The lowest BCUT2D eigenvalue weighted by Gasteiger charge is -2.22. The first-order chi connectivity index (χ1) is 8.30. The highest BCUT2D eigenvalue weighted by Crippen LogP contribution is 2.08. The van der Waals surface area contributed by atoms with Crippen molar-refractivity contribution in [1.82, 2.24) is 5.32 Å². The highest BCUT2D eigenvalue weighted by molar-refractivity contribution is 5.81. The van der Waals surface area contributed by atoms with E-state index >= 15 is 0 Å². The lowest BCUT2D eigenvalue weighted by molar-refractivity contribution is -0.143. The molecule has 1 N–H and O–H groups in total. The van der Waals surface area contributed by atoms with Gasteiger partial charge in [0.2, 0.25) is 0 Å². The predicted octanol–water partition coefficient (Wildman–Crippen LogP) is 1.42. The molecule has 0 saturated heterocycles. The number of carbonyl (C=O) groups is 3. The van der Waals surface area contributed by atoms with E-state index in [-0.39, 0.29) is 0 Å².